The maximum Gasteiger partial charge on any atom is 0.00727 e. The largest absolute Gasteiger partial charge is 0.314 e. The third-order valence-corrected chi connectivity index (χ3v) is 5.09. The summed E-state index contributed by atoms with van der Waals surface area (Å²) in [4.78, 5) is 0. The third-order valence-electron chi connectivity index (χ3n) is 5.09. The molecule has 0 aromatic carbocycles. The summed E-state index contributed by atoms with van der Waals surface area (Å²) in [5.74, 6) is 5.63. The second-order valence-corrected chi connectivity index (χ2v) is 5.81. The minimum atomic E-state index is 0.799. The van der Waals surface area contributed by atoms with Crippen molar-refractivity contribution >= 4 is 0 Å². The van der Waals surface area contributed by atoms with Gasteiger partial charge in [-0.15, -0.1) is 0 Å². The number of fused-ring (bicyclic) bond motifs is 5. The van der Waals surface area contributed by atoms with E-state index in [9.17, 15) is 0 Å². The SMILES string of the molecule is CCCNC(C)C1C2C3CCC(C3)C21. The molecule has 3 rings (SSSR count). The summed E-state index contributed by atoms with van der Waals surface area (Å²) in [5.41, 5.74) is 0. The summed E-state index contributed by atoms with van der Waals surface area (Å²) in [6.45, 7) is 5.89. The highest BCUT2D eigenvalue weighted by Crippen LogP contribution is 2.70. The van der Waals surface area contributed by atoms with Crippen LogP contribution in [0.2, 0.25) is 0 Å². The van der Waals surface area contributed by atoms with Crippen LogP contribution in [0.5, 0.6) is 0 Å². The molecule has 3 saturated carbocycles. The molecule has 80 valence electrons. The van der Waals surface area contributed by atoms with Crippen LogP contribution in [0.25, 0.3) is 0 Å². The summed E-state index contributed by atoms with van der Waals surface area (Å²) in [7, 11) is 0. The van der Waals surface area contributed by atoms with Crippen LogP contribution in [-0.2, 0) is 0 Å². The van der Waals surface area contributed by atoms with Gasteiger partial charge >= 0.3 is 0 Å². The van der Waals surface area contributed by atoms with E-state index in [1.54, 1.807) is 19.3 Å². The lowest BCUT2D eigenvalue weighted by molar-refractivity contribution is 0.380. The predicted octanol–water partition coefficient (Wildman–Crippen LogP) is 2.67. The maximum atomic E-state index is 3.69. The van der Waals surface area contributed by atoms with Gasteiger partial charge in [0.25, 0.3) is 0 Å². The van der Waals surface area contributed by atoms with Gasteiger partial charge < -0.3 is 5.32 Å². The second-order valence-electron chi connectivity index (χ2n) is 5.81. The first kappa shape index (κ1) is 9.21. The van der Waals surface area contributed by atoms with Crippen LogP contribution in [0.15, 0.2) is 0 Å². The molecule has 0 heterocycles. The van der Waals surface area contributed by atoms with E-state index in [0.717, 1.165) is 35.6 Å². The smallest absolute Gasteiger partial charge is 0.00727 e. The first-order valence-electron chi connectivity index (χ1n) is 6.56. The monoisotopic (exact) mass is 193 g/mol. The first-order valence-corrected chi connectivity index (χ1v) is 6.56. The number of rotatable bonds is 4. The summed E-state index contributed by atoms with van der Waals surface area (Å²) < 4.78 is 0. The average Bonchev–Trinajstić information content (AvgIpc) is 2.64. The Kier molecular flexibility index (Phi) is 2.12. The molecule has 3 fully saturated rings. The summed E-state index contributed by atoms with van der Waals surface area (Å²) in [6, 6.07) is 0.799. The van der Waals surface area contributed by atoms with Crippen LogP contribution in [-0.4, -0.2) is 12.6 Å². The van der Waals surface area contributed by atoms with Gasteiger partial charge in [-0.05, 0) is 68.7 Å². The van der Waals surface area contributed by atoms with Crippen LogP contribution in [0.1, 0.15) is 39.5 Å². The van der Waals surface area contributed by atoms with E-state index < -0.39 is 0 Å². The molecule has 0 saturated heterocycles. The van der Waals surface area contributed by atoms with Crippen molar-refractivity contribution in [1.82, 2.24) is 5.32 Å². The molecule has 0 amide bonds. The fraction of sp³-hybridized carbons (Fsp3) is 1.00. The van der Waals surface area contributed by atoms with Crippen LogP contribution < -0.4 is 5.32 Å². The summed E-state index contributed by atoms with van der Waals surface area (Å²) in [6.07, 6.45) is 5.98. The van der Waals surface area contributed by atoms with Gasteiger partial charge in [-0.25, -0.2) is 0 Å². The lowest BCUT2D eigenvalue weighted by Crippen LogP contribution is -2.30. The molecule has 5 atom stereocenters. The molecule has 0 aromatic rings. The van der Waals surface area contributed by atoms with Crippen LogP contribution in [0.3, 0.4) is 0 Å². The summed E-state index contributed by atoms with van der Waals surface area (Å²) >= 11 is 0. The molecule has 14 heavy (non-hydrogen) atoms. The second kappa shape index (κ2) is 3.23. The Balaban J connectivity index is 1.57. The minimum Gasteiger partial charge on any atom is -0.314 e. The number of hydrogen-bond donors (Lipinski definition) is 1. The van der Waals surface area contributed by atoms with Gasteiger partial charge in [0.2, 0.25) is 0 Å². The van der Waals surface area contributed by atoms with Crippen molar-refractivity contribution < 1.29 is 0 Å². The molecule has 3 aliphatic rings. The molecular formula is C13H23N. The summed E-state index contributed by atoms with van der Waals surface area (Å²) in [5, 5.41) is 3.69. The van der Waals surface area contributed by atoms with E-state index in [-0.39, 0.29) is 0 Å². The molecule has 2 bridgehead atoms. The minimum absolute atomic E-state index is 0.799. The Morgan fingerprint density at radius 2 is 1.86 bits per heavy atom. The molecule has 3 aliphatic carbocycles. The molecule has 1 N–H and O–H groups in total. The van der Waals surface area contributed by atoms with Gasteiger partial charge in [0.05, 0.1) is 0 Å². The van der Waals surface area contributed by atoms with Crippen LogP contribution >= 0.6 is 0 Å². The van der Waals surface area contributed by atoms with E-state index in [2.05, 4.69) is 19.2 Å². The molecule has 0 aliphatic heterocycles. The Morgan fingerprint density at radius 3 is 2.43 bits per heavy atom. The lowest BCUT2D eigenvalue weighted by atomic mass is 9.98. The number of hydrogen-bond acceptors (Lipinski definition) is 1. The van der Waals surface area contributed by atoms with Gasteiger partial charge in [0.15, 0.2) is 0 Å². The van der Waals surface area contributed by atoms with Crippen molar-refractivity contribution in [3.8, 4) is 0 Å². The molecule has 5 unspecified atom stereocenters. The first-order chi connectivity index (χ1) is 6.83. The average molecular weight is 193 g/mol. The van der Waals surface area contributed by atoms with Crippen molar-refractivity contribution in [2.75, 3.05) is 6.54 Å². The van der Waals surface area contributed by atoms with Gasteiger partial charge in [-0.3, -0.25) is 0 Å². The topological polar surface area (TPSA) is 12.0 Å². The van der Waals surface area contributed by atoms with Crippen molar-refractivity contribution in [2.24, 2.45) is 29.6 Å². The highest BCUT2D eigenvalue weighted by Gasteiger charge is 2.65. The van der Waals surface area contributed by atoms with Crippen LogP contribution in [0, 0.1) is 29.6 Å². The van der Waals surface area contributed by atoms with Crippen LogP contribution in [0.4, 0.5) is 0 Å². The Morgan fingerprint density at radius 1 is 1.21 bits per heavy atom. The van der Waals surface area contributed by atoms with Gasteiger partial charge in [-0.1, -0.05) is 6.92 Å². The third kappa shape index (κ3) is 1.18. The van der Waals surface area contributed by atoms with Gasteiger partial charge in [-0.2, -0.15) is 0 Å². The van der Waals surface area contributed by atoms with E-state index in [4.69, 9.17) is 0 Å². The van der Waals surface area contributed by atoms with E-state index in [0.29, 0.717) is 0 Å². The maximum absolute atomic E-state index is 3.69. The Labute approximate surface area is 87.7 Å². The standard InChI is InChI=1S/C13H23N/c1-3-6-14-8(2)11-12-9-4-5-10(7-9)13(11)12/h8-14H,3-7H2,1-2H3. The number of nitrogens with one attached hydrogen (secondary N) is 1. The normalized spacial score (nSPS) is 50.6. The fourth-order valence-electron chi connectivity index (χ4n) is 4.57. The van der Waals surface area contributed by atoms with Gasteiger partial charge in [0, 0.05) is 6.04 Å². The molecular weight excluding hydrogens is 170 g/mol. The zero-order valence-electron chi connectivity index (χ0n) is 9.50. The predicted molar refractivity (Wildman–Crippen MR) is 59.1 cm³/mol. The van der Waals surface area contributed by atoms with Crippen molar-refractivity contribution in [3.05, 3.63) is 0 Å². The highest BCUT2D eigenvalue weighted by molar-refractivity contribution is 5.15. The van der Waals surface area contributed by atoms with E-state index >= 15 is 0 Å². The molecule has 0 aromatic heterocycles. The van der Waals surface area contributed by atoms with Crippen molar-refractivity contribution in [1.29, 1.82) is 0 Å². The zero-order valence-corrected chi connectivity index (χ0v) is 9.50. The lowest BCUT2D eigenvalue weighted by Gasteiger charge is -2.17. The fourth-order valence-corrected chi connectivity index (χ4v) is 4.57. The molecule has 1 nitrogen and oxygen atoms in total. The van der Waals surface area contributed by atoms with Gasteiger partial charge in [0.1, 0.15) is 0 Å². The molecule has 0 radical (unpaired) electrons. The molecule has 1 heteroatoms. The van der Waals surface area contributed by atoms with Crippen molar-refractivity contribution in [2.45, 2.75) is 45.6 Å². The van der Waals surface area contributed by atoms with Crippen molar-refractivity contribution in [3.63, 3.8) is 0 Å². The van der Waals surface area contributed by atoms with E-state index in [1.807, 2.05) is 0 Å². The highest BCUT2D eigenvalue weighted by atomic mass is 14.9. The quantitative estimate of drug-likeness (QED) is 0.724. The Bertz CT molecular complexity index is 209. The zero-order chi connectivity index (χ0) is 9.71. The molecule has 0 spiro atoms. The Hall–Kier alpha value is -0.0400. The van der Waals surface area contributed by atoms with E-state index in [1.165, 1.54) is 13.0 Å².